The van der Waals surface area contributed by atoms with Gasteiger partial charge in [0.25, 0.3) is 0 Å². The van der Waals surface area contributed by atoms with Crippen LogP contribution in [0.2, 0.25) is 0 Å². The SMILES string of the molecule is CC/C=C\C=C/CCc1ccccc1N(c1ccc(C2CC=Cc3c2oc2ccccc32)cc1)C1C=CC=C2Oc3c(cc(-c4ccc(C5CC=CCC5C)cc4)c4ccccc34)C21. The zero-order chi connectivity index (χ0) is 43.0. The normalized spacial score (nSPS) is 21.0. The van der Waals surface area contributed by atoms with Crippen molar-refractivity contribution in [2.75, 3.05) is 4.90 Å². The fourth-order valence-corrected chi connectivity index (χ4v) is 10.9. The molecule has 0 spiro atoms. The summed E-state index contributed by atoms with van der Waals surface area (Å²) in [6.07, 6.45) is 31.0. The van der Waals surface area contributed by atoms with Gasteiger partial charge in [0.1, 0.15) is 22.9 Å². The standard InChI is InChI=1S/C61H55NO2/c1-3-4-5-6-7-8-20-45-21-10-15-28-55(45)62(46-38-36-43(37-39-46)48-26-17-27-52-50-24-14-16-30-57(50)63-60(48)52)56-29-18-31-58-59(56)54-40-53(49-23-12-13-25-51(49)61(54)64-58)44-34-32-42(33-35-44)47-22-11-9-19-41(47)2/h4-7,9-18,21,23-25,27-41,47-48,56,59H,3,8,19-20,22,26H2,1-2H3/b5-4-,7-6-. The first-order valence-corrected chi connectivity index (χ1v) is 23.5. The highest BCUT2D eigenvalue weighted by Gasteiger charge is 2.42. The molecule has 0 bridgehead atoms. The number of rotatable bonds is 11. The molecule has 2 heterocycles. The van der Waals surface area contributed by atoms with Gasteiger partial charge < -0.3 is 14.1 Å². The van der Waals surface area contributed by atoms with Crippen LogP contribution in [0.15, 0.2) is 198 Å². The molecule has 0 radical (unpaired) electrons. The Kier molecular flexibility index (Phi) is 10.9. The number of aryl methyl sites for hydroxylation is 1. The van der Waals surface area contributed by atoms with Crippen molar-refractivity contribution in [1.82, 2.24) is 0 Å². The van der Waals surface area contributed by atoms with Crippen molar-refractivity contribution in [3.63, 3.8) is 0 Å². The number of allylic oxidation sites excluding steroid dienone is 9. The number of benzene rings is 6. The van der Waals surface area contributed by atoms with Crippen LogP contribution < -0.4 is 9.64 Å². The van der Waals surface area contributed by atoms with Crippen LogP contribution in [0, 0.1) is 5.92 Å². The fourth-order valence-electron chi connectivity index (χ4n) is 10.9. The van der Waals surface area contributed by atoms with E-state index in [1.807, 2.05) is 0 Å². The average Bonchev–Trinajstić information content (AvgIpc) is 3.93. The first-order chi connectivity index (χ1) is 31.6. The number of anilines is 2. The molecule has 0 saturated carbocycles. The molecule has 1 aliphatic heterocycles. The Labute approximate surface area is 378 Å². The lowest BCUT2D eigenvalue weighted by molar-refractivity contribution is 0.418. The van der Waals surface area contributed by atoms with Gasteiger partial charge in [0.05, 0.1) is 12.0 Å². The van der Waals surface area contributed by atoms with Crippen molar-refractivity contribution < 1.29 is 9.15 Å². The molecule has 0 N–H and O–H groups in total. The van der Waals surface area contributed by atoms with E-state index < -0.39 is 0 Å². The third kappa shape index (κ3) is 7.27. The molecule has 6 aromatic carbocycles. The van der Waals surface area contributed by atoms with Crippen molar-refractivity contribution in [2.45, 2.75) is 76.2 Å². The maximum absolute atomic E-state index is 7.02. The van der Waals surface area contributed by atoms with Crippen LogP contribution in [0.25, 0.3) is 38.9 Å². The summed E-state index contributed by atoms with van der Waals surface area (Å²) in [5, 5.41) is 3.56. The zero-order valence-electron chi connectivity index (χ0n) is 36.9. The van der Waals surface area contributed by atoms with Gasteiger partial charge in [-0.2, -0.15) is 0 Å². The van der Waals surface area contributed by atoms with Crippen LogP contribution in [0.5, 0.6) is 5.75 Å². The topological polar surface area (TPSA) is 25.6 Å². The summed E-state index contributed by atoms with van der Waals surface area (Å²) < 4.78 is 13.6. The molecule has 11 rings (SSSR count). The van der Waals surface area contributed by atoms with E-state index >= 15 is 0 Å². The summed E-state index contributed by atoms with van der Waals surface area (Å²) in [5.74, 6) is 4.37. The van der Waals surface area contributed by atoms with Gasteiger partial charge in [-0.15, -0.1) is 0 Å². The second kappa shape index (κ2) is 17.4. The van der Waals surface area contributed by atoms with E-state index in [0.29, 0.717) is 11.8 Å². The van der Waals surface area contributed by atoms with Crippen LogP contribution in [0.4, 0.5) is 11.4 Å². The molecular weight excluding hydrogens is 779 g/mol. The fraction of sp³-hybridized carbons (Fsp3) is 0.213. The number of fused-ring (bicyclic) bond motifs is 8. The molecule has 3 aliphatic carbocycles. The van der Waals surface area contributed by atoms with Crippen LogP contribution in [-0.2, 0) is 6.42 Å². The highest BCUT2D eigenvalue weighted by molar-refractivity contribution is 6.02. The molecule has 1 aromatic heterocycles. The lowest BCUT2D eigenvalue weighted by Crippen LogP contribution is -2.36. The van der Waals surface area contributed by atoms with E-state index in [4.69, 9.17) is 9.15 Å². The predicted octanol–water partition coefficient (Wildman–Crippen LogP) is 16.5. The summed E-state index contributed by atoms with van der Waals surface area (Å²) in [7, 11) is 0. The zero-order valence-corrected chi connectivity index (χ0v) is 36.9. The van der Waals surface area contributed by atoms with Crippen molar-refractivity contribution in [1.29, 1.82) is 0 Å². The van der Waals surface area contributed by atoms with Crippen LogP contribution in [-0.4, -0.2) is 6.04 Å². The molecule has 5 atom stereocenters. The van der Waals surface area contributed by atoms with Crippen molar-refractivity contribution in [3.8, 4) is 16.9 Å². The van der Waals surface area contributed by atoms with E-state index in [0.717, 1.165) is 72.5 Å². The number of nitrogens with zero attached hydrogens (tertiary/aromatic N) is 1. The number of furan rings is 1. The maximum atomic E-state index is 7.02. The molecule has 4 aliphatic rings. The largest absolute Gasteiger partial charge is 0.460 e. The lowest BCUT2D eigenvalue weighted by atomic mass is 9.79. The highest BCUT2D eigenvalue weighted by atomic mass is 16.5. The second-order valence-electron chi connectivity index (χ2n) is 18.0. The van der Waals surface area contributed by atoms with E-state index in [2.05, 4.69) is 213 Å². The van der Waals surface area contributed by atoms with Crippen molar-refractivity contribution >= 4 is 39.2 Å². The summed E-state index contributed by atoms with van der Waals surface area (Å²) in [6.45, 7) is 4.57. The molecule has 64 heavy (non-hydrogen) atoms. The van der Waals surface area contributed by atoms with Gasteiger partial charge in [0.2, 0.25) is 0 Å². The summed E-state index contributed by atoms with van der Waals surface area (Å²) >= 11 is 0. The lowest BCUT2D eigenvalue weighted by Gasteiger charge is -2.38. The minimum atomic E-state index is -0.0481. The molecule has 316 valence electrons. The molecule has 0 saturated heterocycles. The number of ether oxygens (including phenoxy) is 1. The molecule has 5 unspecified atom stereocenters. The van der Waals surface area contributed by atoms with E-state index in [-0.39, 0.29) is 17.9 Å². The van der Waals surface area contributed by atoms with Gasteiger partial charge in [-0.25, -0.2) is 0 Å². The first kappa shape index (κ1) is 40.0. The van der Waals surface area contributed by atoms with Gasteiger partial charge in [-0.1, -0.05) is 172 Å². The molecule has 0 amide bonds. The Hall–Kier alpha value is -6.84. The maximum Gasteiger partial charge on any atom is 0.138 e. The quantitative estimate of drug-likeness (QED) is 0.0959. The number of para-hydroxylation sites is 2. The van der Waals surface area contributed by atoms with Gasteiger partial charge in [-0.05, 0) is 120 Å². The van der Waals surface area contributed by atoms with Crippen molar-refractivity contribution in [3.05, 3.63) is 227 Å². The molecule has 3 nitrogen and oxygen atoms in total. The Morgan fingerprint density at radius 1 is 0.719 bits per heavy atom. The minimum Gasteiger partial charge on any atom is -0.460 e. The molecule has 0 fully saturated rings. The Morgan fingerprint density at radius 3 is 2.31 bits per heavy atom. The summed E-state index contributed by atoms with van der Waals surface area (Å²) in [5.41, 5.74) is 12.3. The summed E-state index contributed by atoms with van der Waals surface area (Å²) in [6, 6.07) is 47.4. The number of hydrogen-bond donors (Lipinski definition) is 0. The number of hydrogen-bond acceptors (Lipinski definition) is 3. The van der Waals surface area contributed by atoms with Crippen LogP contribution >= 0.6 is 0 Å². The minimum absolute atomic E-state index is 0.0223. The Morgan fingerprint density at radius 2 is 1.47 bits per heavy atom. The van der Waals surface area contributed by atoms with Gasteiger partial charge in [0.15, 0.2) is 0 Å². The molecule has 7 aromatic rings. The average molecular weight is 834 g/mol. The third-order valence-corrected chi connectivity index (χ3v) is 14.2. The van der Waals surface area contributed by atoms with Crippen molar-refractivity contribution in [2.24, 2.45) is 5.92 Å². The smallest absolute Gasteiger partial charge is 0.138 e. The monoisotopic (exact) mass is 833 g/mol. The third-order valence-electron chi connectivity index (χ3n) is 14.2. The van der Waals surface area contributed by atoms with Gasteiger partial charge in [0, 0.05) is 39.2 Å². The van der Waals surface area contributed by atoms with Crippen LogP contribution in [0.3, 0.4) is 0 Å². The van der Waals surface area contributed by atoms with Gasteiger partial charge >= 0.3 is 0 Å². The van der Waals surface area contributed by atoms with E-state index in [1.54, 1.807) is 0 Å². The summed E-state index contributed by atoms with van der Waals surface area (Å²) in [4.78, 5) is 2.59. The Balaban J connectivity index is 1.00. The highest BCUT2D eigenvalue weighted by Crippen LogP contribution is 2.53. The van der Waals surface area contributed by atoms with E-state index in [1.165, 1.54) is 55.4 Å². The molecular formula is C61H55NO2. The molecule has 3 heteroatoms. The first-order valence-electron chi connectivity index (χ1n) is 23.5. The second-order valence-corrected chi connectivity index (χ2v) is 18.0. The van der Waals surface area contributed by atoms with E-state index in [9.17, 15) is 0 Å². The Bertz CT molecular complexity index is 3030. The van der Waals surface area contributed by atoms with Crippen LogP contribution in [0.1, 0.15) is 97.3 Å². The van der Waals surface area contributed by atoms with Gasteiger partial charge in [-0.3, -0.25) is 0 Å². The predicted molar refractivity (Wildman–Crippen MR) is 268 cm³/mol.